The molecule has 178 valence electrons. The third-order valence-electron chi connectivity index (χ3n) is 6.26. The van der Waals surface area contributed by atoms with Gasteiger partial charge in [-0.3, -0.25) is 14.5 Å². The smallest absolute Gasteiger partial charge is 0.251 e. The van der Waals surface area contributed by atoms with E-state index in [1.807, 2.05) is 62.1 Å². The molecular weight excluding hydrogens is 428 g/mol. The number of aromatic nitrogens is 2. The van der Waals surface area contributed by atoms with Gasteiger partial charge in [0.2, 0.25) is 5.91 Å². The van der Waals surface area contributed by atoms with Crippen molar-refractivity contribution in [3.05, 3.63) is 65.5 Å². The van der Waals surface area contributed by atoms with Crippen LogP contribution in [0.25, 0.3) is 10.9 Å². The summed E-state index contributed by atoms with van der Waals surface area (Å²) in [7, 11) is 0. The number of carbonyl (C=O) groups excluding carboxylic acids is 2. The van der Waals surface area contributed by atoms with Crippen molar-refractivity contribution < 1.29 is 9.59 Å². The summed E-state index contributed by atoms with van der Waals surface area (Å²) in [5.74, 6) is 0.881. The molecule has 1 aliphatic rings. The molecule has 0 spiro atoms. The Morgan fingerprint density at radius 3 is 2.35 bits per heavy atom. The van der Waals surface area contributed by atoms with Crippen LogP contribution < -0.4 is 11.1 Å². The van der Waals surface area contributed by atoms with Crippen molar-refractivity contribution in [2.45, 2.75) is 33.4 Å². The molecule has 1 fully saturated rings. The summed E-state index contributed by atoms with van der Waals surface area (Å²) in [6.45, 7) is 9.05. The number of aryl methyl sites for hydroxylation is 1. The van der Waals surface area contributed by atoms with Crippen LogP contribution in [0.15, 0.2) is 48.5 Å². The van der Waals surface area contributed by atoms with E-state index in [0.29, 0.717) is 49.9 Å². The van der Waals surface area contributed by atoms with Crippen molar-refractivity contribution >= 4 is 28.5 Å². The minimum absolute atomic E-state index is 0.0195. The highest BCUT2D eigenvalue weighted by atomic mass is 16.2. The van der Waals surface area contributed by atoms with E-state index in [9.17, 15) is 9.59 Å². The number of rotatable bonds is 6. The summed E-state index contributed by atoms with van der Waals surface area (Å²) in [4.78, 5) is 39.2. The highest BCUT2D eigenvalue weighted by Gasteiger charge is 2.31. The minimum atomic E-state index is -0.566. The molecule has 2 aromatic carbocycles. The number of nitrogens with zero attached hydrogens (tertiary/aromatic N) is 4. The van der Waals surface area contributed by atoms with Gasteiger partial charge in [0.1, 0.15) is 17.7 Å². The Hall–Kier alpha value is -3.52. The lowest BCUT2D eigenvalue weighted by molar-refractivity contribution is -0.136. The average molecular weight is 461 g/mol. The van der Waals surface area contributed by atoms with Crippen LogP contribution in [0.2, 0.25) is 0 Å². The SMILES string of the molecule is Cc1ccc(C(=O)N[C@@H](C(=O)N2CCN(Cc3nc(N)c4ccccc4n3)CC2)C(C)C)cc1. The van der Waals surface area contributed by atoms with E-state index >= 15 is 0 Å². The van der Waals surface area contributed by atoms with Crippen molar-refractivity contribution in [1.82, 2.24) is 25.1 Å². The van der Waals surface area contributed by atoms with E-state index in [-0.39, 0.29) is 17.7 Å². The van der Waals surface area contributed by atoms with Gasteiger partial charge in [-0.2, -0.15) is 0 Å². The molecule has 0 unspecified atom stereocenters. The third kappa shape index (κ3) is 5.34. The van der Waals surface area contributed by atoms with Crippen LogP contribution in [0.1, 0.15) is 35.6 Å². The summed E-state index contributed by atoms with van der Waals surface area (Å²) in [6, 6.07) is 14.5. The normalized spacial score (nSPS) is 15.5. The topological polar surface area (TPSA) is 104 Å². The second kappa shape index (κ2) is 10.2. The number of nitrogen functional groups attached to an aromatic ring is 1. The van der Waals surface area contributed by atoms with Gasteiger partial charge in [-0.1, -0.05) is 43.7 Å². The van der Waals surface area contributed by atoms with Crippen LogP contribution in [0.5, 0.6) is 0 Å². The number of hydrogen-bond acceptors (Lipinski definition) is 6. The molecule has 34 heavy (non-hydrogen) atoms. The number of amides is 2. The zero-order valence-electron chi connectivity index (χ0n) is 20.0. The molecule has 3 N–H and O–H groups in total. The van der Waals surface area contributed by atoms with Gasteiger partial charge in [-0.15, -0.1) is 0 Å². The Kier molecular flexibility index (Phi) is 7.07. The molecule has 1 atom stereocenters. The summed E-state index contributed by atoms with van der Waals surface area (Å²) >= 11 is 0. The van der Waals surface area contributed by atoms with Gasteiger partial charge in [0.15, 0.2) is 0 Å². The van der Waals surface area contributed by atoms with Crippen LogP contribution in [-0.2, 0) is 11.3 Å². The molecule has 3 aromatic rings. The number of anilines is 1. The lowest BCUT2D eigenvalue weighted by Gasteiger charge is -2.37. The maximum Gasteiger partial charge on any atom is 0.251 e. The van der Waals surface area contributed by atoms with Gasteiger partial charge >= 0.3 is 0 Å². The van der Waals surface area contributed by atoms with Crippen LogP contribution in [0, 0.1) is 12.8 Å². The Bertz CT molecular complexity index is 1170. The Morgan fingerprint density at radius 2 is 1.68 bits per heavy atom. The highest BCUT2D eigenvalue weighted by molar-refractivity contribution is 5.97. The van der Waals surface area contributed by atoms with E-state index < -0.39 is 6.04 Å². The Balaban J connectivity index is 1.36. The number of benzene rings is 2. The summed E-state index contributed by atoms with van der Waals surface area (Å²) in [5, 5.41) is 3.80. The van der Waals surface area contributed by atoms with Crippen molar-refractivity contribution in [3.63, 3.8) is 0 Å². The molecule has 2 heterocycles. The minimum Gasteiger partial charge on any atom is -0.383 e. The van der Waals surface area contributed by atoms with Crippen LogP contribution in [-0.4, -0.2) is 63.8 Å². The molecule has 0 aliphatic carbocycles. The summed E-state index contributed by atoms with van der Waals surface area (Å²) in [5.41, 5.74) is 8.60. The van der Waals surface area contributed by atoms with E-state index in [0.717, 1.165) is 16.5 Å². The fourth-order valence-electron chi connectivity index (χ4n) is 4.19. The zero-order valence-corrected chi connectivity index (χ0v) is 20.0. The molecule has 1 aliphatic heterocycles. The van der Waals surface area contributed by atoms with Gasteiger partial charge < -0.3 is 16.0 Å². The second-order valence-corrected chi connectivity index (χ2v) is 9.20. The van der Waals surface area contributed by atoms with Gasteiger partial charge in [-0.25, -0.2) is 9.97 Å². The Morgan fingerprint density at radius 1 is 1.00 bits per heavy atom. The first-order valence-electron chi connectivity index (χ1n) is 11.7. The van der Waals surface area contributed by atoms with Gasteiger partial charge in [0.25, 0.3) is 5.91 Å². The first-order valence-corrected chi connectivity index (χ1v) is 11.7. The standard InChI is InChI=1S/C26H32N6O2/c1-17(2)23(30-25(33)19-10-8-18(3)9-11-19)26(34)32-14-12-31(13-15-32)16-22-28-21-7-5-4-6-20(21)24(27)29-22/h4-11,17,23H,12-16H2,1-3H3,(H,30,33)(H2,27,28,29)/t23-/m1/s1. The number of fused-ring (bicyclic) bond motifs is 1. The number of para-hydroxylation sites is 1. The Labute approximate surface area is 200 Å². The predicted octanol–water partition coefficient (Wildman–Crippen LogP) is 2.62. The molecule has 0 radical (unpaired) electrons. The largest absolute Gasteiger partial charge is 0.383 e. The van der Waals surface area contributed by atoms with Gasteiger partial charge in [0.05, 0.1) is 12.1 Å². The molecule has 0 saturated carbocycles. The van der Waals surface area contributed by atoms with Crippen LogP contribution in [0.3, 0.4) is 0 Å². The maximum absolute atomic E-state index is 13.3. The second-order valence-electron chi connectivity index (χ2n) is 9.20. The molecule has 0 bridgehead atoms. The van der Waals surface area contributed by atoms with E-state index in [4.69, 9.17) is 5.73 Å². The van der Waals surface area contributed by atoms with Gasteiger partial charge in [-0.05, 0) is 37.1 Å². The fraction of sp³-hybridized carbons (Fsp3) is 0.385. The van der Waals surface area contributed by atoms with Crippen LogP contribution >= 0.6 is 0 Å². The third-order valence-corrected chi connectivity index (χ3v) is 6.26. The molecule has 8 heteroatoms. The predicted molar refractivity (Wildman–Crippen MR) is 133 cm³/mol. The van der Waals surface area contributed by atoms with E-state index in [1.54, 1.807) is 12.1 Å². The van der Waals surface area contributed by atoms with E-state index in [1.165, 1.54) is 0 Å². The van der Waals surface area contributed by atoms with Crippen molar-refractivity contribution in [3.8, 4) is 0 Å². The van der Waals surface area contributed by atoms with E-state index in [2.05, 4.69) is 20.2 Å². The average Bonchev–Trinajstić information content (AvgIpc) is 2.83. The van der Waals surface area contributed by atoms with Crippen molar-refractivity contribution in [2.24, 2.45) is 5.92 Å². The summed E-state index contributed by atoms with van der Waals surface area (Å²) < 4.78 is 0. The monoisotopic (exact) mass is 460 g/mol. The van der Waals surface area contributed by atoms with Crippen LogP contribution in [0.4, 0.5) is 5.82 Å². The molecule has 1 aromatic heterocycles. The van der Waals surface area contributed by atoms with Crippen molar-refractivity contribution in [1.29, 1.82) is 0 Å². The first kappa shape index (κ1) is 23.6. The quantitative estimate of drug-likeness (QED) is 0.586. The molecule has 2 amide bonds. The number of piperazine rings is 1. The molecule has 4 rings (SSSR count). The fourth-order valence-corrected chi connectivity index (χ4v) is 4.19. The number of nitrogens with two attached hydrogens (primary N) is 1. The number of nitrogens with one attached hydrogen (secondary N) is 1. The lowest BCUT2D eigenvalue weighted by atomic mass is 10.0. The molecule has 8 nitrogen and oxygen atoms in total. The molecular formula is C26H32N6O2. The molecule has 1 saturated heterocycles. The van der Waals surface area contributed by atoms with Crippen molar-refractivity contribution in [2.75, 3.05) is 31.9 Å². The lowest BCUT2D eigenvalue weighted by Crippen LogP contribution is -2.56. The first-order chi connectivity index (χ1) is 16.3. The number of carbonyl (C=O) groups is 2. The zero-order chi connectivity index (χ0) is 24.2. The number of hydrogen-bond donors (Lipinski definition) is 2. The maximum atomic E-state index is 13.3. The summed E-state index contributed by atoms with van der Waals surface area (Å²) in [6.07, 6.45) is 0. The van der Waals surface area contributed by atoms with Gasteiger partial charge in [0, 0.05) is 37.1 Å². The highest BCUT2D eigenvalue weighted by Crippen LogP contribution is 2.18.